The zero-order chi connectivity index (χ0) is 11.7. The summed E-state index contributed by atoms with van der Waals surface area (Å²) in [4.78, 5) is 11.6. The summed E-state index contributed by atoms with van der Waals surface area (Å²) in [6, 6.07) is 8.34. The quantitative estimate of drug-likeness (QED) is 0.547. The zero-order valence-electron chi connectivity index (χ0n) is 7.91. The van der Waals surface area contributed by atoms with Crippen LogP contribution in [0.3, 0.4) is 0 Å². The number of amides is 1. The molecule has 1 heterocycles. The van der Waals surface area contributed by atoms with Crippen LogP contribution in [0, 0.1) is 22.7 Å². The minimum atomic E-state index is -0.471. The van der Waals surface area contributed by atoms with Gasteiger partial charge in [0.15, 0.2) is 0 Å². The van der Waals surface area contributed by atoms with Gasteiger partial charge >= 0.3 is 0 Å². The molecule has 0 atom stereocenters. The van der Waals surface area contributed by atoms with Crippen LogP contribution in [0.4, 0.5) is 5.69 Å². The minimum absolute atomic E-state index is 0.0469. The molecule has 1 aromatic carbocycles. The number of benzene rings is 1. The molecule has 0 saturated carbocycles. The number of hydrogen-bond donors (Lipinski definition) is 1. The van der Waals surface area contributed by atoms with Crippen LogP contribution in [0.2, 0.25) is 5.02 Å². The van der Waals surface area contributed by atoms with E-state index in [0.717, 1.165) is 0 Å². The summed E-state index contributed by atoms with van der Waals surface area (Å²) in [5, 5.41) is 20.4. The van der Waals surface area contributed by atoms with Crippen LogP contribution in [0.5, 0.6) is 0 Å². The van der Waals surface area contributed by atoms with Gasteiger partial charge < -0.3 is 5.32 Å². The summed E-state index contributed by atoms with van der Waals surface area (Å²) in [7, 11) is 0. The van der Waals surface area contributed by atoms with E-state index >= 15 is 0 Å². The van der Waals surface area contributed by atoms with Gasteiger partial charge in [-0.1, -0.05) is 17.7 Å². The Bertz CT molecular complexity index is 589. The second-order valence-electron chi connectivity index (χ2n) is 3.09. The van der Waals surface area contributed by atoms with Crippen molar-refractivity contribution >= 4 is 28.8 Å². The molecule has 1 amide bonds. The summed E-state index contributed by atoms with van der Waals surface area (Å²) >= 11 is 5.94. The fourth-order valence-electron chi connectivity index (χ4n) is 1.56. The summed E-state index contributed by atoms with van der Waals surface area (Å²) in [6.07, 6.45) is 0. The molecule has 0 bridgehead atoms. The number of nitrogens with one attached hydrogen (secondary N) is 1. The zero-order valence-corrected chi connectivity index (χ0v) is 8.67. The van der Waals surface area contributed by atoms with Crippen molar-refractivity contribution in [3.63, 3.8) is 0 Å². The molecule has 1 aliphatic rings. The van der Waals surface area contributed by atoms with Crippen molar-refractivity contribution in [2.75, 3.05) is 5.32 Å². The fourth-order valence-corrected chi connectivity index (χ4v) is 1.83. The van der Waals surface area contributed by atoms with E-state index < -0.39 is 5.91 Å². The molecule has 0 aromatic heterocycles. The Labute approximate surface area is 96.4 Å². The molecule has 0 unspecified atom stereocenters. The van der Waals surface area contributed by atoms with Crippen molar-refractivity contribution < 1.29 is 4.79 Å². The van der Waals surface area contributed by atoms with E-state index in [-0.39, 0.29) is 11.1 Å². The van der Waals surface area contributed by atoms with Crippen molar-refractivity contribution in [2.45, 2.75) is 0 Å². The molecule has 2 rings (SSSR count). The first kappa shape index (κ1) is 10.2. The number of carbonyl (C=O) groups excluding carboxylic acids is 1. The Kier molecular flexibility index (Phi) is 2.36. The molecule has 0 spiro atoms. The minimum Gasteiger partial charge on any atom is -0.321 e. The van der Waals surface area contributed by atoms with Crippen LogP contribution in [-0.4, -0.2) is 5.91 Å². The largest absolute Gasteiger partial charge is 0.321 e. The monoisotopic (exact) mass is 229 g/mol. The number of nitriles is 2. The van der Waals surface area contributed by atoms with E-state index in [9.17, 15) is 4.79 Å². The second kappa shape index (κ2) is 3.69. The third-order valence-corrected chi connectivity index (χ3v) is 2.53. The number of allylic oxidation sites excluding steroid dienone is 1. The number of nitrogens with zero attached hydrogens (tertiary/aromatic N) is 2. The van der Waals surface area contributed by atoms with Crippen LogP contribution >= 0.6 is 11.6 Å². The average molecular weight is 230 g/mol. The van der Waals surface area contributed by atoms with Crippen LogP contribution in [0.15, 0.2) is 23.8 Å². The normalized spacial score (nSPS) is 12.4. The molecule has 0 radical (unpaired) electrons. The summed E-state index contributed by atoms with van der Waals surface area (Å²) in [6.45, 7) is 0. The van der Waals surface area contributed by atoms with Gasteiger partial charge in [0, 0.05) is 5.56 Å². The molecule has 1 aromatic rings. The number of hydrogen-bond acceptors (Lipinski definition) is 3. The van der Waals surface area contributed by atoms with Gasteiger partial charge in [0.1, 0.15) is 17.7 Å². The van der Waals surface area contributed by atoms with Gasteiger partial charge in [0.25, 0.3) is 5.91 Å². The summed E-state index contributed by atoms with van der Waals surface area (Å²) in [5.41, 5.74) is 0.762. The Morgan fingerprint density at radius 1 is 1.31 bits per heavy atom. The third kappa shape index (κ3) is 1.33. The van der Waals surface area contributed by atoms with Crippen molar-refractivity contribution in [3.05, 3.63) is 34.4 Å². The number of halogens is 1. The van der Waals surface area contributed by atoms with E-state index in [2.05, 4.69) is 5.32 Å². The number of rotatable bonds is 0. The molecule has 0 fully saturated rings. The maximum atomic E-state index is 11.6. The highest BCUT2D eigenvalue weighted by Gasteiger charge is 2.29. The maximum absolute atomic E-state index is 11.6. The van der Waals surface area contributed by atoms with E-state index in [1.54, 1.807) is 30.3 Å². The highest BCUT2D eigenvalue weighted by Crippen LogP contribution is 2.38. The van der Waals surface area contributed by atoms with E-state index in [4.69, 9.17) is 22.1 Å². The van der Waals surface area contributed by atoms with E-state index in [0.29, 0.717) is 16.3 Å². The van der Waals surface area contributed by atoms with Crippen LogP contribution in [-0.2, 0) is 4.79 Å². The molecular weight excluding hydrogens is 226 g/mol. The predicted octanol–water partition coefficient (Wildman–Crippen LogP) is 2.09. The first-order valence-corrected chi connectivity index (χ1v) is 4.71. The van der Waals surface area contributed by atoms with Gasteiger partial charge in [-0.05, 0) is 12.1 Å². The smallest absolute Gasteiger partial charge is 0.258 e. The molecule has 0 aliphatic carbocycles. The van der Waals surface area contributed by atoms with Crippen molar-refractivity contribution in [1.29, 1.82) is 10.5 Å². The van der Waals surface area contributed by atoms with Gasteiger partial charge in [0.2, 0.25) is 0 Å². The topological polar surface area (TPSA) is 76.7 Å². The predicted molar refractivity (Wildman–Crippen MR) is 58.2 cm³/mol. The van der Waals surface area contributed by atoms with E-state index in [1.165, 1.54) is 0 Å². The first-order valence-electron chi connectivity index (χ1n) is 4.33. The standard InChI is InChI=1S/C11H4ClN3O/c12-7-2-1-3-8-10(7)9(11(16)15-8)6(4-13)5-14/h1-3H,(H,15,16). The van der Waals surface area contributed by atoms with E-state index in [1.807, 2.05) is 0 Å². The van der Waals surface area contributed by atoms with Crippen molar-refractivity contribution in [1.82, 2.24) is 0 Å². The average Bonchev–Trinajstić information content (AvgIpc) is 2.59. The lowest BCUT2D eigenvalue weighted by Crippen LogP contribution is -2.05. The van der Waals surface area contributed by atoms with Gasteiger partial charge in [-0.15, -0.1) is 0 Å². The molecule has 1 aliphatic heterocycles. The number of fused-ring (bicyclic) bond motifs is 1. The number of anilines is 1. The number of carbonyl (C=O) groups is 1. The fraction of sp³-hybridized carbons (Fsp3) is 0. The second-order valence-corrected chi connectivity index (χ2v) is 3.50. The molecule has 16 heavy (non-hydrogen) atoms. The molecule has 76 valence electrons. The summed E-state index contributed by atoms with van der Waals surface area (Å²) < 4.78 is 0. The van der Waals surface area contributed by atoms with Crippen molar-refractivity contribution in [2.24, 2.45) is 0 Å². The van der Waals surface area contributed by atoms with Crippen LogP contribution < -0.4 is 5.32 Å². The third-order valence-electron chi connectivity index (χ3n) is 2.21. The highest BCUT2D eigenvalue weighted by molar-refractivity contribution is 6.40. The lowest BCUT2D eigenvalue weighted by Gasteiger charge is -1.99. The molecule has 5 heteroatoms. The Morgan fingerprint density at radius 3 is 2.62 bits per heavy atom. The maximum Gasteiger partial charge on any atom is 0.258 e. The molecule has 0 saturated heterocycles. The molecule has 4 nitrogen and oxygen atoms in total. The molecule has 1 N–H and O–H groups in total. The van der Waals surface area contributed by atoms with Gasteiger partial charge in [0.05, 0.1) is 16.3 Å². The Balaban J connectivity index is 2.81. The Hall–Kier alpha value is -2.30. The van der Waals surface area contributed by atoms with Gasteiger partial charge in [-0.2, -0.15) is 10.5 Å². The van der Waals surface area contributed by atoms with Crippen LogP contribution in [0.1, 0.15) is 5.56 Å². The van der Waals surface area contributed by atoms with Crippen LogP contribution in [0.25, 0.3) is 5.57 Å². The lowest BCUT2D eigenvalue weighted by molar-refractivity contribution is -0.110. The SMILES string of the molecule is N#CC(C#N)=C1C(=O)Nc2cccc(Cl)c21. The molecular formula is C11H4ClN3O. The lowest BCUT2D eigenvalue weighted by atomic mass is 10.0. The Morgan fingerprint density at radius 2 is 2.00 bits per heavy atom. The summed E-state index contributed by atoms with van der Waals surface area (Å²) in [5.74, 6) is -0.471. The van der Waals surface area contributed by atoms with Gasteiger partial charge in [-0.3, -0.25) is 4.79 Å². The van der Waals surface area contributed by atoms with Crippen molar-refractivity contribution in [3.8, 4) is 12.1 Å². The van der Waals surface area contributed by atoms with Gasteiger partial charge in [-0.25, -0.2) is 0 Å². The highest BCUT2D eigenvalue weighted by atomic mass is 35.5. The first-order chi connectivity index (χ1) is 7.69.